The average molecular weight is 196 g/mol. The summed E-state index contributed by atoms with van der Waals surface area (Å²) in [6, 6.07) is 0.255. The van der Waals surface area contributed by atoms with Gasteiger partial charge in [-0.25, -0.2) is 4.79 Å². The molecule has 0 aromatic carbocycles. The number of urea groups is 1. The lowest BCUT2D eigenvalue weighted by Crippen LogP contribution is -2.49. The van der Waals surface area contributed by atoms with Gasteiger partial charge in [-0.2, -0.15) is 0 Å². The Labute approximate surface area is 85.6 Å². The van der Waals surface area contributed by atoms with Gasteiger partial charge in [-0.15, -0.1) is 0 Å². The van der Waals surface area contributed by atoms with E-state index >= 15 is 0 Å². The number of carbonyl (C=O) groups is 1. The fourth-order valence-corrected chi connectivity index (χ4v) is 3.06. The highest BCUT2D eigenvalue weighted by Gasteiger charge is 2.33. The second-order valence-corrected chi connectivity index (χ2v) is 4.64. The molecule has 2 rings (SSSR count). The summed E-state index contributed by atoms with van der Waals surface area (Å²) in [7, 11) is 0. The first-order valence-corrected chi connectivity index (χ1v) is 5.85. The molecule has 1 saturated heterocycles. The smallest absolute Gasteiger partial charge is 0.315 e. The van der Waals surface area contributed by atoms with Crippen molar-refractivity contribution in [1.29, 1.82) is 0 Å². The van der Waals surface area contributed by atoms with Crippen LogP contribution in [0, 0.1) is 5.92 Å². The van der Waals surface area contributed by atoms with E-state index in [-0.39, 0.29) is 6.03 Å². The molecule has 14 heavy (non-hydrogen) atoms. The van der Waals surface area contributed by atoms with Crippen LogP contribution in [0.5, 0.6) is 0 Å². The quantitative estimate of drug-likeness (QED) is 0.686. The zero-order valence-electron chi connectivity index (χ0n) is 8.74. The number of likely N-dealkylation sites (tertiary alicyclic amines) is 1. The third-order valence-corrected chi connectivity index (χ3v) is 3.78. The van der Waals surface area contributed by atoms with Gasteiger partial charge >= 0.3 is 6.03 Å². The van der Waals surface area contributed by atoms with Crippen molar-refractivity contribution in [3.05, 3.63) is 0 Å². The molecule has 1 aliphatic heterocycles. The Morgan fingerprint density at radius 3 is 2.36 bits per heavy atom. The van der Waals surface area contributed by atoms with Crippen LogP contribution in [0.1, 0.15) is 44.9 Å². The summed E-state index contributed by atoms with van der Waals surface area (Å²) < 4.78 is 0. The maximum atomic E-state index is 11.3. The van der Waals surface area contributed by atoms with Crippen LogP contribution in [-0.2, 0) is 0 Å². The Hall–Kier alpha value is -0.730. The molecule has 3 heteroatoms. The molecule has 2 aliphatic rings. The first-order chi connectivity index (χ1) is 6.79. The van der Waals surface area contributed by atoms with Crippen LogP contribution in [0.15, 0.2) is 0 Å². The number of piperidine rings is 1. The Bertz CT molecular complexity index is 211. The molecule has 2 fully saturated rings. The number of nitrogens with zero attached hydrogens (tertiary/aromatic N) is 1. The van der Waals surface area contributed by atoms with Gasteiger partial charge in [0.1, 0.15) is 0 Å². The number of carbonyl (C=O) groups excluding carboxylic acids is 1. The molecule has 3 nitrogen and oxygen atoms in total. The molecule has 2 amide bonds. The largest absolute Gasteiger partial charge is 0.351 e. The second kappa shape index (κ2) is 4.20. The highest BCUT2D eigenvalue weighted by Crippen LogP contribution is 2.34. The van der Waals surface area contributed by atoms with Crippen LogP contribution in [0.4, 0.5) is 4.79 Å². The summed E-state index contributed by atoms with van der Waals surface area (Å²) in [5, 5.41) is 0. The second-order valence-electron chi connectivity index (χ2n) is 4.64. The van der Waals surface area contributed by atoms with E-state index in [1.165, 1.54) is 38.5 Å². The molecule has 1 aliphatic carbocycles. The van der Waals surface area contributed by atoms with Gasteiger partial charge in [0.15, 0.2) is 0 Å². The van der Waals surface area contributed by atoms with Gasteiger partial charge in [0.05, 0.1) is 0 Å². The summed E-state index contributed by atoms with van der Waals surface area (Å²) in [5.41, 5.74) is 5.41. The molecule has 0 radical (unpaired) electrons. The van der Waals surface area contributed by atoms with E-state index in [0.717, 1.165) is 18.9 Å². The zero-order chi connectivity index (χ0) is 9.97. The molecule has 80 valence electrons. The van der Waals surface area contributed by atoms with Crippen LogP contribution in [-0.4, -0.2) is 23.5 Å². The Morgan fingerprint density at radius 1 is 1.07 bits per heavy atom. The highest BCUT2D eigenvalue weighted by molar-refractivity contribution is 5.72. The van der Waals surface area contributed by atoms with Crippen LogP contribution in [0.3, 0.4) is 0 Å². The number of rotatable bonds is 1. The van der Waals surface area contributed by atoms with E-state index in [1.54, 1.807) is 0 Å². The molecule has 1 saturated carbocycles. The van der Waals surface area contributed by atoms with Gasteiger partial charge in [0, 0.05) is 12.6 Å². The Balaban J connectivity index is 2.01. The summed E-state index contributed by atoms with van der Waals surface area (Å²) in [5.74, 6) is 0.739. The molecule has 1 heterocycles. The summed E-state index contributed by atoms with van der Waals surface area (Å²) >= 11 is 0. The van der Waals surface area contributed by atoms with Gasteiger partial charge in [-0.1, -0.05) is 12.8 Å². The maximum absolute atomic E-state index is 11.3. The number of hydrogen-bond acceptors (Lipinski definition) is 1. The van der Waals surface area contributed by atoms with Gasteiger partial charge in [-0.05, 0) is 38.0 Å². The standard InChI is InChI=1S/C11H20N2O/c12-11(14)13-8-4-3-7-10(13)9-5-1-2-6-9/h9-10H,1-8H2,(H2,12,14). The molecule has 0 aromatic rings. The summed E-state index contributed by atoms with van der Waals surface area (Å²) in [4.78, 5) is 13.2. The molecule has 0 spiro atoms. The third-order valence-electron chi connectivity index (χ3n) is 3.78. The number of primary amides is 1. The van der Waals surface area contributed by atoms with Crippen molar-refractivity contribution in [1.82, 2.24) is 4.90 Å². The average Bonchev–Trinajstić information content (AvgIpc) is 2.70. The monoisotopic (exact) mass is 196 g/mol. The molecule has 1 unspecified atom stereocenters. The summed E-state index contributed by atoms with van der Waals surface area (Å²) in [6.45, 7) is 0.885. The van der Waals surface area contributed by atoms with Gasteiger partial charge in [0.25, 0.3) is 0 Å². The van der Waals surface area contributed by atoms with Crippen LogP contribution < -0.4 is 5.73 Å². The van der Waals surface area contributed by atoms with E-state index < -0.39 is 0 Å². The molecular formula is C11H20N2O. The zero-order valence-corrected chi connectivity index (χ0v) is 8.74. The Kier molecular flexibility index (Phi) is 2.94. The lowest BCUT2D eigenvalue weighted by Gasteiger charge is -2.38. The lowest BCUT2D eigenvalue weighted by atomic mass is 9.89. The Morgan fingerprint density at radius 2 is 1.71 bits per heavy atom. The molecule has 0 aromatic heterocycles. The van der Waals surface area contributed by atoms with Crippen molar-refractivity contribution >= 4 is 6.03 Å². The molecule has 2 N–H and O–H groups in total. The van der Waals surface area contributed by atoms with E-state index in [0.29, 0.717) is 6.04 Å². The van der Waals surface area contributed by atoms with Gasteiger partial charge in [-0.3, -0.25) is 0 Å². The maximum Gasteiger partial charge on any atom is 0.315 e. The van der Waals surface area contributed by atoms with Crippen molar-refractivity contribution < 1.29 is 4.79 Å². The normalized spacial score (nSPS) is 29.4. The third kappa shape index (κ3) is 1.86. The first-order valence-electron chi connectivity index (χ1n) is 5.85. The van der Waals surface area contributed by atoms with Crippen molar-refractivity contribution in [3.8, 4) is 0 Å². The highest BCUT2D eigenvalue weighted by atomic mass is 16.2. The van der Waals surface area contributed by atoms with E-state index in [2.05, 4.69) is 0 Å². The lowest BCUT2D eigenvalue weighted by molar-refractivity contribution is 0.126. The van der Waals surface area contributed by atoms with Crippen LogP contribution in [0.2, 0.25) is 0 Å². The number of amides is 2. The predicted molar refractivity (Wildman–Crippen MR) is 55.9 cm³/mol. The number of nitrogens with two attached hydrogens (primary N) is 1. The van der Waals surface area contributed by atoms with E-state index in [4.69, 9.17) is 5.73 Å². The van der Waals surface area contributed by atoms with E-state index in [1.807, 2.05) is 4.90 Å². The molecule has 1 atom stereocenters. The van der Waals surface area contributed by atoms with Crippen LogP contribution in [0.25, 0.3) is 0 Å². The van der Waals surface area contributed by atoms with Crippen molar-refractivity contribution in [2.45, 2.75) is 51.0 Å². The topological polar surface area (TPSA) is 46.3 Å². The van der Waals surface area contributed by atoms with Crippen molar-refractivity contribution in [2.75, 3.05) is 6.54 Å². The van der Waals surface area contributed by atoms with Crippen molar-refractivity contribution in [3.63, 3.8) is 0 Å². The minimum absolute atomic E-state index is 0.207. The number of hydrogen-bond donors (Lipinski definition) is 1. The fraction of sp³-hybridized carbons (Fsp3) is 0.909. The first kappa shape index (κ1) is 9.81. The summed E-state index contributed by atoms with van der Waals surface area (Å²) in [6.07, 6.45) is 8.86. The minimum atomic E-state index is -0.207. The SMILES string of the molecule is NC(=O)N1CCCCC1C1CCCC1. The minimum Gasteiger partial charge on any atom is -0.351 e. The van der Waals surface area contributed by atoms with Crippen LogP contribution >= 0.6 is 0 Å². The molecular weight excluding hydrogens is 176 g/mol. The van der Waals surface area contributed by atoms with Gasteiger partial charge < -0.3 is 10.6 Å². The van der Waals surface area contributed by atoms with E-state index in [9.17, 15) is 4.79 Å². The predicted octanol–water partition coefficient (Wildman–Crippen LogP) is 2.11. The fourth-order valence-electron chi connectivity index (χ4n) is 3.06. The van der Waals surface area contributed by atoms with Crippen molar-refractivity contribution in [2.24, 2.45) is 11.7 Å². The van der Waals surface area contributed by atoms with Gasteiger partial charge in [0.2, 0.25) is 0 Å². The molecule has 0 bridgehead atoms.